The number of likely N-dealkylation sites (tertiary alicyclic amines) is 1. The molecular formula is C16H20N6. The minimum atomic E-state index is 0.480. The monoisotopic (exact) mass is 296 g/mol. The van der Waals surface area contributed by atoms with E-state index in [0.29, 0.717) is 6.04 Å². The molecule has 0 saturated carbocycles. The molecule has 1 fully saturated rings. The lowest BCUT2D eigenvalue weighted by atomic mass is 10.1. The molecular weight excluding hydrogens is 276 g/mol. The van der Waals surface area contributed by atoms with Gasteiger partial charge in [-0.25, -0.2) is 4.98 Å². The molecule has 0 amide bonds. The first-order valence-corrected chi connectivity index (χ1v) is 7.77. The van der Waals surface area contributed by atoms with Gasteiger partial charge in [0.15, 0.2) is 0 Å². The largest absolute Gasteiger partial charge is 0.381 e. The summed E-state index contributed by atoms with van der Waals surface area (Å²) >= 11 is 0. The lowest BCUT2D eigenvalue weighted by Gasteiger charge is -2.33. The van der Waals surface area contributed by atoms with Crippen LogP contribution in [0.2, 0.25) is 0 Å². The Morgan fingerprint density at radius 3 is 3.27 bits per heavy atom. The molecule has 3 aromatic rings. The van der Waals surface area contributed by atoms with Crippen molar-refractivity contribution in [2.75, 3.05) is 18.4 Å². The summed E-state index contributed by atoms with van der Waals surface area (Å²) in [5, 5.41) is 11.9. The number of rotatable bonds is 4. The molecule has 2 aromatic heterocycles. The highest BCUT2D eigenvalue weighted by molar-refractivity contribution is 5.81. The first kappa shape index (κ1) is 13.3. The van der Waals surface area contributed by atoms with Gasteiger partial charge in [0.25, 0.3) is 0 Å². The molecule has 1 atom stereocenters. The fourth-order valence-electron chi connectivity index (χ4n) is 3.18. The van der Waals surface area contributed by atoms with Gasteiger partial charge in [-0.2, -0.15) is 5.10 Å². The van der Waals surface area contributed by atoms with E-state index in [4.69, 9.17) is 0 Å². The lowest BCUT2D eigenvalue weighted by molar-refractivity contribution is 0.204. The van der Waals surface area contributed by atoms with E-state index in [0.717, 1.165) is 36.4 Å². The van der Waals surface area contributed by atoms with Crippen molar-refractivity contribution in [2.24, 2.45) is 0 Å². The van der Waals surface area contributed by atoms with Crippen LogP contribution in [-0.2, 0) is 6.54 Å². The first-order valence-electron chi connectivity index (χ1n) is 7.77. The molecule has 1 aliphatic heterocycles. The third-order valence-corrected chi connectivity index (χ3v) is 4.24. The maximum absolute atomic E-state index is 4.32. The number of hydrogen-bond acceptors (Lipinski definition) is 4. The number of nitrogens with one attached hydrogen (secondary N) is 3. The number of aromatic amines is 2. The maximum atomic E-state index is 4.32. The number of fused-ring (bicyclic) bond motifs is 1. The minimum Gasteiger partial charge on any atom is -0.381 e. The van der Waals surface area contributed by atoms with E-state index < -0.39 is 0 Å². The molecule has 22 heavy (non-hydrogen) atoms. The molecule has 0 aliphatic carbocycles. The van der Waals surface area contributed by atoms with Crippen molar-refractivity contribution >= 4 is 16.6 Å². The van der Waals surface area contributed by atoms with Gasteiger partial charge in [-0.15, -0.1) is 0 Å². The Balaban J connectivity index is 1.41. The van der Waals surface area contributed by atoms with Gasteiger partial charge in [0.05, 0.1) is 18.3 Å². The van der Waals surface area contributed by atoms with Crippen LogP contribution < -0.4 is 5.32 Å². The summed E-state index contributed by atoms with van der Waals surface area (Å²) in [5.74, 6) is 1.04. The van der Waals surface area contributed by atoms with E-state index in [1.165, 1.54) is 18.5 Å². The van der Waals surface area contributed by atoms with Crippen LogP contribution in [0.5, 0.6) is 0 Å². The van der Waals surface area contributed by atoms with Gasteiger partial charge in [-0.05, 0) is 37.6 Å². The average molecular weight is 296 g/mol. The van der Waals surface area contributed by atoms with Crippen LogP contribution in [-0.4, -0.2) is 44.2 Å². The van der Waals surface area contributed by atoms with Gasteiger partial charge in [0, 0.05) is 36.1 Å². The fourth-order valence-corrected chi connectivity index (χ4v) is 3.18. The summed E-state index contributed by atoms with van der Waals surface area (Å²) < 4.78 is 0. The second-order valence-corrected chi connectivity index (χ2v) is 5.93. The van der Waals surface area contributed by atoms with E-state index in [9.17, 15) is 0 Å². The number of aromatic nitrogens is 4. The predicted octanol–water partition coefficient (Wildman–Crippen LogP) is 2.36. The van der Waals surface area contributed by atoms with E-state index in [2.05, 4.69) is 48.6 Å². The van der Waals surface area contributed by atoms with E-state index >= 15 is 0 Å². The van der Waals surface area contributed by atoms with E-state index in [-0.39, 0.29) is 0 Å². The second kappa shape index (κ2) is 5.81. The van der Waals surface area contributed by atoms with Crippen LogP contribution >= 0.6 is 0 Å². The quantitative estimate of drug-likeness (QED) is 0.691. The Kier molecular flexibility index (Phi) is 3.52. The maximum Gasteiger partial charge on any atom is 0.120 e. The molecule has 1 aliphatic rings. The molecule has 1 saturated heterocycles. The zero-order chi connectivity index (χ0) is 14.8. The van der Waals surface area contributed by atoms with Crippen LogP contribution in [0.3, 0.4) is 0 Å². The van der Waals surface area contributed by atoms with Crippen molar-refractivity contribution in [2.45, 2.75) is 25.4 Å². The van der Waals surface area contributed by atoms with E-state index in [1.807, 2.05) is 18.6 Å². The van der Waals surface area contributed by atoms with Crippen molar-refractivity contribution in [3.8, 4) is 0 Å². The van der Waals surface area contributed by atoms with Gasteiger partial charge in [-0.1, -0.05) is 0 Å². The molecule has 0 radical (unpaired) electrons. The number of nitrogens with zero attached hydrogens (tertiary/aromatic N) is 3. The molecule has 3 heterocycles. The Morgan fingerprint density at radius 1 is 1.36 bits per heavy atom. The van der Waals surface area contributed by atoms with Gasteiger partial charge in [0.2, 0.25) is 0 Å². The average Bonchev–Trinajstić information content (AvgIpc) is 3.18. The van der Waals surface area contributed by atoms with Crippen LogP contribution in [0.1, 0.15) is 18.7 Å². The zero-order valence-electron chi connectivity index (χ0n) is 12.4. The highest BCUT2D eigenvalue weighted by Crippen LogP contribution is 2.20. The van der Waals surface area contributed by atoms with Crippen molar-refractivity contribution < 1.29 is 0 Å². The van der Waals surface area contributed by atoms with Gasteiger partial charge < -0.3 is 10.3 Å². The van der Waals surface area contributed by atoms with Crippen molar-refractivity contribution in [1.82, 2.24) is 25.1 Å². The summed E-state index contributed by atoms with van der Waals surface area (Å²) in [6.45, 7) is 3.08. The third-order valence-electron chi connectivity index (χ3n) is 4.24. The topological polar surface area (TPSA) is 72.6 Å². The Hall–Kier alpha value is -2.34. The normalized spacial score (nSPS) is 19.5. The number of anilines is 1. The summed E-state index contributed by atoms with van der Waals surface area (Å²) in [7, 11) is 0. The Labute approximate surface area is 128 Å². The summed E-state index contributed by atoms with van der Waals surface area (Å²) in [5.41, 5.74) is 2.24. The third kappa shape index (κ3) is 2.82. The zero-order valence-corrected chi connectivity index (χ0v) is 12.4. The number of H-pyrrole nitrogens is 2. The molecule has 114 valence electrons. The molecule has 0 bridgehead atoms. The number of piperidine rings is 1. The lowest BCUT2D eigenvalue weighted by Crippen LogP contribution is -2.41. The predicted molar refractivity (Wildman–Crippen MR) is 86.6 cm³/mol. The van der Waals surface area contributed by atoms with Crippen LogP contribution in [0, 0.1) is 0 Å². The van der Waals surface area contributed by atoms with Gasteiger partial charge in [-0.3, -0.25) is 10.00 Å². The first-order chi connectivity index (χ1) is 10.9. The summed E-state index contributed by atoms with van der Waals surface area (Å²) in [6.07, 6.45) is 7.99. The van der Waals surface area contributed by atoms with Crippen LogP contribution in [0.25, 0.3) is 10.9 Å². The second-order valence-electron chi connectivity index (χ2n) is 5.93. The SMILES string of the molecule is c1c[nH]c(CN2CCC[C@@H](Nc3ccc4[nH]ncc4c3)C2)n1. The molecule has 6 nitrogen and oxygen atoms in total. The highest BCUT2D eigenvalue weighted by Gasteiger charge is 2.20. The summed E-state index contributed by atoms with van der Waals surface area (Å²) in [6, 6.07) is 6.83. The van der Waals surface area contributed by atoms with Gasteiger partial charge in [0.1, 0.15) is 5.82 Å². The standard InChI is InChI=1S/C16H20N6/c1-2-14(10-22(7-1)11-16-17-5-6-18-16)20-13-3-4-15-12(8-13)9-19-21-15/h3-6,8-9,14,20H,1-2,7,10-11H2,(H,17,18)(H,19,21)/t14-/m1/s1. The molecule has 0 unspecified atom stereocenters. The van der Waals surface area contributed by atoms with Crippen molar-refractivity contribution in [3.05, 3.63) is 42.6 Å². The number of imidazole rings is 1. The van der Waals surface area contributed by atoms with Crippen molar-refractivity contribution in [1.29, 1.82) is 0 Å². The molecule has 0 spiro atoms. The number of benzene rings is 1. The molecule has 4 rings (SSSR count). The van der Waals surface area contributed by atoms with Crippen molar-refractivity contribution in [3.63, 3.8) is 0 Å². The Bertz CT molecular complexity index is 732. The highest BCUT2D eigenvalue weighted by atomic mass is 15.2. The Morgan fingerprint density at radius 2 is 2.36 bits per heavy atom. The number of hydrogen-bond donors (Lipinski definition) is 3. The van der Waals surface area contributed by atoms with E-state index in [1.54, 1.807) is 0 Å². The molecule has 1 aromatic carbocycles. The summed E-state index contributed by atoms with van der Waals surface area (Å²) in [4.78, 5) is 9.96. The fraction of sp³-hybridized carbons (Fsp3) is 0.375. The van der Waals surface area contributed by atoms with Gasteiger partial charge >= 0.3 is 0 Å². The van der Waals surface area contributed by atoms with Crippen LogP contribution in [0.15, 0.2) is 36.8 Å². The molecule has 3 N–H and O–H groups in total. The minimum absolute atomic E-state index is 0.480. The molecule has 6 heteroatoms. The van der Waals surface area contributed by atoms with Crippen LogP contribution in [0.4, 0.5) is 5.69 Å². The smallest absolute Gasteiger partial charge is 0.120 e.